The lowest BCUT2D eigenvalue weighted by molar-refractivity contribution is -0.132. The predicted octanol–water partition coefficient (Wildman–Crippen LogP) is 5.83. The van der Waals surface area contributed by atoms with Crippen LogP contribution in [0.2, 0.25) is 0 Å². The van der Waals surface area contributed by atoms with Crippen molar-refractivity contribution >= 4 is 25.8 Å². The van der Waals surface area contributed by atoms with Gasteiger partial charge in [0, 0.05) is 24.9 Å². The van der Waals surface area contributed by atoms with Crippen LogP contribution in [0.25, 0.3) is 0 Å². The summed E-state index contributed by atoms with van der Waals surface area (Å²) in [5.41, 5.74) is 3.35. The van der Waals surface area contributed by atoms with Crippen LogP contribution in [-0.2, 0) is 24.8 Å². The molecular weight excluding hydrogens is 581 g/mol. The first-order chi connectivity index (χ1) is 20.6. The molecule has 0 saturated carbocycles. The second-order valence-electron chi connectivity index (χ2n) is 11.5. The molecule has 2 saturated heterocycles. The molecular formula is C34H34N2O5S2. The third kappa shape index (κ3) is 5.47. The first-order valence-electron chi connectivity index (χ1n) is 14.4. The summed E-state index contributed by atoms with van der Waals surface area (Å²) in [5, 5.41) is 0. The Labute approximate surface area is 253 Å². The van der Waals surface area contributed by atoms with E-state index < -0.39 is 44.1 Å². The van der Waals surface area contributed by atoms with E-state index >= 15 is 0 Å². The number of nitrogens with zero attached hydrogens (tertiary/aromatic N) is 2. The molecule has 4 atom stereocenters. The van der Waals surface area contributed by atoms with Crippen molar-refractivity contribution in [3.63, 3.8) is 0 Å². The van der Waals surface area contributed by atoms with E-state index in [0.29, 0.717) is 0 Å². The number of fused-ring (bicyclic) bond motifs is 1. The molecule has 4 aromatic rings. The van der Waals surface area contributed by atoms with Crippen LogP contribution in [0.1, 0.15) is 47.2 Å². The van der Waals surface area contributed by atoms with Crippen molar-refractivity contribution in [3.8, 4) is 0 Å². The van der Waals surface area contributed by atoms with Crippen LogP contribution >= 0.6 is 0 Å². The van der Waals surface area contributed by atoms with Gasteiger partial charge in [0.15, 0.2) is 0 Å². The number of Topliss-reactive ketones (excluding diaryl/α,β-unsaturated/α-hetero) is 1. The molecule has 0 aliphatic carbocycles. The highest BCUT2D eigenvalue weighted by Gasteiger charge is 2.54. The first kappa shape index (κ1) is 29.4. The smallest absolute Gasteiger partial charge is 0.243 e. The first-order valence-corrected chi connectivity index (χ1v) is 17.3. The zero-order valence-electron chi connectivity index (χ0n) is 24.1. The van der Waals surface area contributed by atoms with Gasteiger partial charge in [0.05, 0.1) is 21.9 Å². The summed E-state index contributed by atoms with van der Waals surface area (Å²) < 4.78 is 60.2. The van der Waals surface area contributed by atoms with Gasteiger partial charge in [0.25, 0.3) is 0 Å². The molecule has 4 aromatic carbocycles. The minimum Gasteiger partial charge on any atom is -0.299 e. The van der Waals surface area contributed by atoms with Crippen LogP contribution in [-0.4, -0.2) is 43.8 Å². The fraction of sp³-hybridized carbons (Fsp3) is 0.265. The number of carbonyl (C=O) groups is 1. The van der Waals surface area contributed by atoms with Gasteiger partial charge < -0.3 is 0 Å². The third-order valence-corrected chi connectivity index (χ3v) is 12.5. The van der Waals surface area contributed by atoms with Crippen molar-refractivity contribution in [2.75, 3.05) is 6.54 Å². The summed E-state index contributed by atoms with van der Waals surface area (Å²) in [6.07, 6.45) is 0.102. The van der Waals surface area contributed by atoms with Gasteiger partial charge >= 0.3 is 0 Å². The molecule has 7 nitrogen and oxygen atoms in total. The number of hydrogen-bond donors (Lipinski definition) is 0. The average Bonchev–Trinajstić information content (AvgIpc) is 3.01. The maximum atomic E-state index is 14.5. The number of rotatable bonds is 6. The maximum absolute atomic E-state index is 14.5. The predicted molar refractivity (Wildman–Crippen MR) is 165 cm³/mol. The highest BCUT2D eigenvalue weighted by Crippen LogP contribution is 2.48. The molecule has 6 rings (SSSR count). The number of piperidine rings is 2. The summed E-state index contributed by atoms with van der Waals surface area (Å²) in [6.45, 7) is 3.68. The number of aryl methyl sites for hydroxylation is 2. The van der Waals surface area contributed by atoms with Crippen LogP contribution in [0.5, 0.6) is 0 Å². The van der Waals surface area contributed by atoms with Gasteiger partial charge in [0.1, 0.15) is 5.78 Å². The van der Waals surface area contributed by atoms with E-state index in [1.54, 1.807) is 48.5 Å². The zero-order chi connectivity index (χ0) is 30.4. The Balaban J connectivity index is 1.50. The zero-order valence-corrected chi connectivity index (χ0v) is 25.7. The van der Waals surface area contributed by atoms with Crippen LogP contribution in [0.4, 0.5) is 0 Å². The molecule has 2 aliphatic rings. The number of sulfonamides is 2. The molecule has 0 N–H and O–H groups in total. The summed E-state index contributed by atoms with van der Waals surface area (Å²) in [4.78, 5) is 14.2. The van der Waals surface area contributed by atoms with E-state index in [9.17, 15) is 21.6 Å². The molecule has 0 bridgehead atoms. The summed E-state index contributed by atoms with van der Waals surface area (Å²) >= 11 is 0. The van der Waals surface area contributed by atoms with Crippen molar-refractivity contribution in [1.82, 2.24) is 8.61 Å². The average molecular weight is 615 g/mol. The van der Waals surface area contributed by atoms with Crippen molar-refractivity contribution in [3.05, 3.63) is 131 Å². The SMILES string of the molecule is Cc1ccc(S(=O)(=O)N2CC3C(=O)CC(c4ccccc4)N(S(=O)(=O)c4ccc(C)cc4)[C@H]3CC2c2ccccc2)cc1. The minimum absolute atomic E-state index is 0.0370. The largest absolute Gasteiger partial charge is 0.299 e. The molecule has 9 heteroatoms. The van der Waals surface area contributed by atoms with E-state index in [2.05, 4.69) is 0 Å². The molecule has 222 valence electrons. The van der Waals surface area contributed by atoms with E-state index in [-0.39, 0.29) is 35.0 Å². The van der Waals surface area contributed by atoms with Gasteiger partial charge in [-0.2, -0.15) is 8.61 Å². The van der Waals surface area contributed by atoms with Crippen molar-refractivity contribution in [1.29, 1.82) is 0 Å². The molecule has 2 heterocycles. The van der Waals surface area contributed by atoms with Gasteiger partial charge in [-0.05, 0) is 55.7 Å². The van der Waals surface area contributed by atoms with E-state index in [1.165, 1.54) is 8.61 Å². The lowest BCUT2D eigenvalue weighted by Crippen LogP contribution is -2.60. The summed E-state index contributed by atoms with van der Waals surface area (Å²) in [6, 6.07) is 29.8. The Morgan fingerprint density at radius 1 is 0.605 bits per heavy atom. The Bertz CT molecular complexity index is 1830. The minimum atomic E-state index is -4.07. The molecule has 2 fully saturated rings. The normalized spacial score (nSPS) is 23.5. The Morgan fingerprint density at radius 2 is 1.07 bits per heavy atom. The lowest BCUT2D eigenvalue weighted by atomic mass is 9.77. The lowest BCUT2D eigenvalue weighted by Gasteiger charge is -2.51. The topological polar surface area (TPSA) is 91.8 Å². The number of benzene rings is 4. The molecule has 0 spiro atoms. The molecule has 43 heavy (non-hydrogen) atoms. The quantitative estimate of drug-likeness (QED) is 0.273. The molecule has 0 amide bonds. The van der Waals surface area contributed by atoms with Crippen LogP contribution in [0.15, 0.2) is 119 Å². The Morgan fingerprint density at radius 3 is 1.58 bits per heavy atom. The summed E-state index contributed by atoms with van der Waals surface area (Å²) in [5.74, 6) is -0.954. The highest BCUT2D eigenvalue weighted by molar-refractivity contribution is 7.89. The second-order valence-corrected chi connectivity index (χ2v) is 15.2. The van der Waals surface area contributed by atoms with Gasteiger partial charge in [0.2, 0.25) is 20.0 Å². The van der Waals surface area contributed by atoms with Crippen molar-refractivity contribution in [2.24, 2.45) is 5.92 Å². The number of hydrogen-bond acceptors (Lipinski definition) is 5. The standard InChI is InChI=1S/C34H34N2O5S2/c1-24-13-17-28(18-14-24)42(38,39)35-23-30-33(21-31(35)26-9-5-3-6-10-26)36(43(40,41)29-19-15-25(2)16-20-29)32(22-34(30)37)27-11-7-4-8-12-27/h3-20,30-33H,21-23H2,1-2H3/t30?,31?,32?,33-/m0/s1. The Kier molecular flexibility index (Phi) is 7.85. The second kappa shape index (κ2) is 11.5. The molecule has 0 radical (unpaired) electrons. The van der Waals surface area contributed by atoms with E-state index in [0.717, 1.165) is 22.3 Å². The fourth-order valence-electron chi connectivity index (χ4n) is 6.42. The van der Waals surface area contributed by atoms with Gasteiger partial charge in [-0.15, -0.1) is 0 Å². The van der Waals surface area contributed by atoms with Crippen LogP contribution in [0.3, 0.4) is 0 Å². The van der Waals surface area contributed by atoms with Crippen molar-refractivity contribution < 1.29 is 21.6 Å². The fourth-order valence-corrected chi connectivity index (χ4v) is 9.92. The maximum Gasteiger partial charge on any atom is 0.243 e. The third-order valence-electron chi connectivity index (χ3n) is 8.69. The van der Waals surface area contributed by atoms with Gasteiger partial charge in [-0.1, -0.05) is 96.1 Å². The van der Waals surface area contributed by atoms with E-state index in [4.69, 9.17) is 0 Å². The van der Waals surface area contributed by atoms with E-state index in [1.807, 2.05) is 74.5 Å². The van der Waals surface area contributed by atoms with Gasteiger partial charge in [-0.3, -0.25) is 4.79 Å². The number of carbonyl (C=O) groups excluding carboxylic acids is 1. The summed E-state index contributed by atoms with van der Waals surface area (Å²) in [7, 11) is -8.08. The Hall–Kier alpha value is -3.63. The van der Waals surface area contributed by atoms with Crippen molar-refractivity contribution in [2.45, 2.75) is 54.6 Å². The monoisotopic (exact) mass is 614 g/mol. The molecule has 0 aromatic heterocycles. The van der Waals surface area contributed by atoms with Gasteiger partial charge in [-0.25, -0.2) is 16.8 Å². The van der Waals surface area contributed by atoms with Crippen LogP contribution in [0, 0.1) is 19.8 Å². The number of ketones is 1. The molecule has 2 aliphatic heterocycles. The van der Waals surface area contributed by atoms with Crippen LogP contribution < -0.4 is 0 Å². The molecule has 3 unspecified atom stereocenters. The highest BCUT2D eigenvalue weighted by atomic mass is 32.2.